The van der Waals surface area contributed by atoms with Crippen molar-refractivity contribution in [3.63, 3.8) is 0 Å². The zero-order chi connectivity index (χ0) is 17.9. The van der Waals surface area contributed by atoms with E-state index in [1.54, 1.807) is 0 Å². The average Bonchev–Trinajstić information content (AvgIpc) is 3.26. The topological polar surface area (TPSA) is 0 Å². The number of hydrogen-bond acceptors (Lipinski definition) is 0. The fourth-order valence-corrected chi connectivity index (χ4v) is 4.41. The van der Waals surface area contributed by atoms with Gasteiger partial charge in [0.15, 0.2) is 0 Å². The smallest absolute Gasteiger partial charge is 1.00 e. The van der Waals surface area contributed by atoms with Crippen LogP contribution in [0.25, 0.3) is 21.9 Å². The Bertz CT molecular complexity index is 1100. The van der Waals surface area contributed by atoms with Crippen LogP contribution in [0.5, 0.6) is 0 Å². The second kappa shape index (κ2) is 8.93. The molecule has 3 heteroatoms. The predicted molar refractivity (Wildman–Crippen MR) is 110 cm³/mol. The van der Waals surface area contributed by atoms with Gasteiger partial charge in [0.1, 0.15) is 0 Å². The van der Waals surface area contributed by atoms with E-state index < -0.39 is 0 Å². The quantitative estimate of drug-likeness (QED) is 0.342. The Morgan fingerprint density at radius 3 is 2.45 bits per heavy atom. The molecule has 1 radical (unpaired) electrons. The molecule has 1 unspecified atom stereocenters. The summed E-state index contributed by atoms with van der Waals surface area (Å²) in [7, 11) is 0. The van der Waals surface area contributed by atoms with Gasteiger partial charge in [-0.1, -0.05) is 80.5 Å². The molecule has 0 saturated heterocycles. The largest absolute Gasteiger partial charge is 3.00 e. The van der Waals surface area contributed by atoms with Crippen LogP contribution < -0.4 is 24.8 Å². The molecule has 2 aliphatic rings. The Hall–Kier alpha value is -1.14. The van der Waals surface area contributed by atoms with Crippen molar-refractivity contribution in [2.75, 3.05) is 0 Å². The Balaban J connectivity index is 0.000001000. The molecule has 0 bridgehead atoms. The molecule has 145 valence electrons. The first-order valence-electron chi connectivity index (χ1n) is 9.47. The van der Waals surface area contributed by atoms with Crippen molar-refractivity contribution < 1.29 is 51.0 Å². The molecule has 29 heavy (non-hydrogen) atoms. The summed E-state index contributed by atoms with van der Waals surface area (Å²) in [6.07, 6.45) is 8.13. The van der Waals surface area contributed by atoms with Crippen LogP contribution in [0.3, 0.4) is 0 Å². The number of fused-ring (bicyclic) bond motifs is 5. The molecule has 0 nitrogen and oxygen atoms in total. The zero-order valence-electron chi connectivity index (χ0n) is 16.9. The number of benzene rings is 3. The summed E-state index contributed by atoms with van der Waals surface area (Å²) in [5.74, 6) is 0.348. The Kier molecular flexibility index (Phi) is 7.43. The van der Waals surface area contributed by atoms with E-state index in [0.717, 1.165) is 6.42 Å². The maximum Gasteiger partial charge on any atom is 3.00 e. The van der Waals surface area contributed by atoms with Crippen molar-refractivity contribution in [2.24, 2.45) is 5.41 Å². The zero-order valence-corrected chi connectivity index (χ0v) is 20.9. The van der Waals surface area contributed by atoms with Crippen LogP contribution in [0.4, 0.5) is 0 Å². The molecule has 0 N–H and O–H groups in total. The van der Waals surface area contributed by atoms with Crippen molar-refractivity contribution in [1.82, 2.24) is 0 Å². The fraction of sp³-hybridized carbons (Fsp3) is 0.231. The van der Waals surface area contributed by atoms with Gasteiger partial charge in [-0.15, -0.1) is 40.6 Å². The Labute approximate surface area is 205 Å². The molecule has 3 aromatic carbocycles. The maximum atomic E-state index is 3.55. The maximum absolute atomic E-state index is 3.55. The van der Waals surface area contributed by atoms with E-state index in [9.17, 15) is 0 Å². The summed E-state index contributed by atoms with van der Waals surface area (Å²) < 4.78 is 0. The molecular weight excluding hydrogens is 474 g/mol. The van der Waals surface area contributed by atoms with Crippen LogP contribution >= 0.6 is 0 Å². The molecule has 2 aliphatic carbocycles. The first-order chi connectivity index (χ1) is 12.5. The first-order valence-corrected chi connectivity index (χ1v) is 9.47. The van der Waals surface area contributed by atoms with Gasteiger partial charge in [0.2, 0.25) is 0 Å². The monoisotopic (exact) mass is 495 g/mol. The average molecular weight is 498 g/mol. The van der Waals surface area contributed by atoms with Gasteiger partial charge in [0.05, 0.1) is 0 Å². The summed E-state index contributed by atoms with van der Waals surface area (Å²) in [5, 5.41) is 2.64. The van der Waals surface area contributed by atoms with E-state index in [1.165, 1.54) is 44.2 Å². The Morgan fingerprint density at radius 2 is 1.72 bits per heavy atom. The van der Waals surface area contributed by atoms with Crippen molar-refractivity contribution in [3.05, 3.63) is 95.1 Å². The van der Waals surface area contributed by atoms with Gasteiger partial charge in [-0.2, -0.15) is 0 Å². The van der Waals surface area contributed by atoms with Gasteiger partial charge in [0.25, 0.3) is 0 Å². The van der Waals surface area contributed by atoms with Crippen molar-refractivity contribution in [1.29, 1.82) is 0 Å². The standard InChI is InChI=1S/C26H23.2ClH.Zr/c1-26(2,3)19-13-12-18(14-19)23-16-25-20-9-5-4-8-17(20)15-24(25)22-11-7-6-10-21(22)23;;;/h4-10,12-14,16,18H,15H2,1-3H3;2*1H;/q-1;;;+3/p-2. The van der Waals surface area contributed by atoms with Gasteiger partial charge >= 0.3 is 26.2 Å². The van der Waals surface area contributed by atoms with Crippen LogP contribution in [-0.2, 0) is 32.6 Å². The van der Waals surface area contributed by atoms with Gasteiger partial charge in [-0.3, -0.25) is 0 Å². The van der Waals surface area contributed by atoms with Gasteiger partial charge in [0, 0.05) is 5.92 Å². The third kappa shape index (κ3) is 4.07. The van der Waals surface area contributed by atoms with E-state index in [4.69, 9.17) is 0 Å². The van der Waals surface area contributed by atoms with Crippen LogP contribution in [0.1, 0.15) is 43.4 Å². The van der Waals surface area contributed by atoms with E-state index in [2.05, 4.69) is 93.6 Å². The third-order valence-electron chi connectivity index (χ3n) is 5.84. The van der Waals surface area contributed by atoms with E-state index in [1.807, 2.05) is 0 Å². The molecule has 0 fully saturated rings. The molecule has 0 amide bonds. The normalized spacial score (nSPS) is 16.2. The number of hydrogen-bond donors (Lipinski definition) is 0. The molecular formula is C26H23Cl2Zr. The molecule has 0 aromatic heterocycles. The molecule has 1 atom stereocenters. The predicted octanol–water partition coefficient (Wildman–Crippen LogP) is 0.843. The van der Waals surface area contributed by atoms with E-state index in [0.29, 0.717) is 5.92 Å². The van der Waals surface area contributed by atoms with Crippen molar-refractivity contribution in [2.45, 2.75) is 33.1 Å². The third-order valence-corrected chi connectivity index (χ3v) is 5.84. The number of rotatable bonds is 1. The van der Waals surface area contributed by atoms with Crippen LogP contribution in [-0.4, -0.2) is 0 Å². The summed E-state index contributed by atoms with van der Waals surface area (Å²) in [6.45, 7) is 6.86. The minimum absolute atomic E-state index is 0. The second-order valence-electron chi connectivity index (χ2n) is 8.54. The van der Waals surface area contributed by atoms with Gasteiger partial charge in [-0.05, 0) is 28.5 Å². The Morgan fingerprint density at radius 1 is 0.966 bits per heavy atom. The summed E-state index contributed by atoms with van der Waals surface area (Å²) in [5.41, 5.74) is 8.69. The van der Waals surface area contributed by atoms with Crippen LogP contribution in [0, 0.1) is 11.5 Å². The minimum Gasteiger partial charge on any atom is -1.00 e. The summed E-state index contributed by atoms with van der Waals surface area (Å²) >= 11 is 0. The minimum atomic E-state index is 0. The second-order valence-corrected chi connectivity index (χ2v) is 8.54. The molecule has 0 saturated carbocycles. The molecule has 5 rings (SSSR count). The number of halogens is 2. The molecule has 0 heterocycles. The van der Waals surface area contributed by atoms with Crippen molar-refractivity contribution in [3.8, 4) is 11.1 Å². The van der Waals surface area contributed by atoms with Crippen molar-refractivity contribution >= 4 is 10.8 Å². The van der Waals surface area contributed by atoms with Crippen LogP contribution in [0.2, 0.25) is 0 Å². The van der Waals surface area contributed by atoms with Gasteiger partial charge < -0.3 is 24.8 Å². The van der Waals surface area contributed by atoms with E-state index >= 15 is 0 Å². The van der Waals surface area contributed by atoms with Gasteiger partial charge in [-0.25, -0.2) is 0 Å². The molecule has 0 spiro atoms. The number of allylic oxidation sites excluding steroid dienone is 4. The first kappa shape index (κ1) is 24.1. The fourth-order valence-electron chi connectivity index (χ4n) is 4.41. The van der Waals surface area contributed by atoms with Crippen LogP contribution in [0.15, 0.2) is 72.3 Å². The molecule has 3 aromatic rings. The SMILES string of the molecule is CC(C)(C)C1=CC(c2cc3c(c4[c-]cccc24)Cc2ccccc2-3)C=C1.[Cl-].[Cl-].[Zr+3]. The van der Waals surface area contributed by atoms with E-state index in [-0.39, 0.29) is 56.4 Å². The summed E-state index contributed by atoms with van der Waals surface area (Å²) in [6, 6.07) is 21.2. The molecule has 0 aliphatic heterocycles. The summed E-state index contributed by atoms with van der Waals surface area (Å²) in [4.78, 5) is 0.